The van der Waals surface area contributed by atoms with Gasteiger partial charge in [-0.25, -0.2) is 4.79 Å². The van der Waals surface area contributed by atoms with E-state index < -0.39 is 18.3 Å². The van der Waals surface area contributed by atoms with Crippen molar-refractivity contribution in [1.82, 2.24) is 5.32 Å². The lowest BCUT2D eigenvalue weighted by Crippen LogP contribution is -2.30. The van der Waals surface area contributed by atoms with Gasteiger partial charge in [-0.1, -0.05) is 60.7 Å². The number of hydrogen-bond acceptors (Lipinski definition) is 5. The number of carbonyl (C=O) groups is 2. The number of aliphatic hydroxyl groups excluding tert-OH is 2. The van der Waals surface area contributed by atoms with Gasteiger partial charge in [-0.05, 0) is 46.4 Å². The highest BCUT2D eigenvalue weighted by atomic mass is 16.5. The van der Waals surface area contributed by atoms with Crippen LogP contribution in [-0.2, 0) is 9.53 Å². The van der Waals surface area contributed by atoms with Gasteiger partial charge in [0.05, 0.1) is 6.10 Å². The molecular formula is C27H28N2O5. The molecule has 0 fully saturated rings. The van der Waals surface area contributed by atoms with Gasteiger partial charge < -0.3 is 25.6 Å². The van der Waals surface area contributed by atoms with Crippen LogP contribution in [-0.4, -0.2) is 41.5 Å². The summed E-state index contributed by atoms with van der Waals surface area (Å²) in [7, 11) is 0. The number of alkyl carbamates (subject to hydrolysis) is 1. The molecule has 34 heavy (non-hydrogen) atoms. The molecule has 3 aromatic rings. The van der Waals surface area contributed by atoms with Crippen LogP contribution in [0.3, 0.4) is 0 Å². The number of nitrogens with one attached hydrogen (secondary N) is 2. The third-order valence-corrected chi connectivity index (χ3v) is 5.97. The molecule has 7 nitrogen and oxygen atoms in total. The van der Waals surface area contributed by atoms with Crippen LogP contribution in [0.5, 0.6) is 0 Å². The van der Waals surface area contributed by atoms with Gasteiger partial charge in [0.25, 0.3) is 0 Å². The highest BCUT2D eigenvalue weighted by molar-refractivity contribution is 5.88. The molecule has 0 aromatic heterocycles. The fourth-order valence-corrected chi connectivity index (χ4v) is 4.36. The number of benzene rings is 3. The van der Waals surface area contributed by atoms with Crippen LogP contribution < -0.4 is 10.6 Å². The summed E-state index contributed by atoms with van der Waals surface area (Å²) < 4.78 is 5.48. The maximum absolute atomic E-state index is 12.3. The molecule has 176 valence electrons. The van der Waals surface area contributed by atoms with E-state index in [1.54, 1.807) is 24.3 Å². The van der Waals surface area contributed by atoms with Crippen LogP contribution in [0.1, 0.15) is 42.1 Å². The molecule has 4 rings (SSSR count). The summed E-state index contributed by atoms with van der Waals surface area (Å²) in [6.07, 6.45) is -2.69. The Balaban J connectivity index is 1.27. The van der Waals surface area contributed by atoms with Gasteiger partial charge >= 0.3 is 6.09 Å². The van der Waals surface area contributed by atoms with Crippen LogP contribution in [0.2, 0.25) is 0 Å². The van der Waals surface area contributed by atoms with E-state index in [2.05, 4.69) is 34.9 Å². The Labute approximate surface area is 198 Å². The van der Waals surface area contributed by atoms with E-state index in [1.165, 1.54) is 6.92 Å². The quantitative estimate of drug-likeness (QED) is 0.407. The second-order valence-electron chi connectivity index (χ2n) is 8.36. The maximum Gasteiger partial charge on any atom is 0.407 e. The van der Waals surface area contributed by atoms with E-state index in [4.69, 9.17) is 4.74 Å². The van der Waals surface area contributed by atoms with Crippen molar-refractivity contribution in [2.24, 2.45) is 0 Å². The molecular weight excluding hydrogens is 432 g/mol. The van der Waals surface area contributed by atoms with Gasteiger partial charge in [0.2, 0.25) is 5.91 Å². The molecule has 1 aliphatic carbocycles. The lowest BCUT2D eigenvalue weighted by atomic mass is 9.98. The third-order valence-electron chi connectivity index (χ3n) is 5.97. The van der Waals surface area contributed by atoms with Crippen molar-refractivity contribution in [2.75, 3.05) is 18.5 Å². The second kappa shape index (κ2) is 10.5. The van der Waals surface area contributed by atoms with Gasteiger partial charge in [0, 0.05) is 25.1 Å². The first-order valence-corrected chi connectivity index (χ1v) is 11.3. The zero-order chi connectivity index (χ0) is 24.1. The zero-order valence-corrected chi connectivity index (χ0v) is 18.9. The van der Waals surface area contributed by atoms with Crippen molar-refractivity contribution in [3.05, 3.63) is 89.5 Å². The first-order chi connectivity index (χ1) is 16.4. The lowest BCUT2D eigenvalue weighted by Gasteiger charge is -2.19. The lowest BCUT2D eigenvalue weighted by molar-refractivity contribution is -0.114. The minimum atomic E-state index is -1.15. The Morgan fingerprint density at radius 3 is 2.24 bits per heavy atom. The number of anilines is 1. The van der Waals surface area contributed by atoms with Gasteiger partial charge in [0.1, 0.15) is 12.7 Å². The van der Waals surface area contributed by atoms with Crippen molar-refractivity contribution in [2.45, 2.75) is 31.5 Å². The number of hydrogen-bond donors (Lipinski definition) is 4. The van der Waals surface area contributed by atoms with E-state index >= 15 is 0 Å². The van der Waals surface area contributed by atoms with E-state index in [-0.39, 0.29) is 31.4 Å². The Bertz CT molecular complexity index is 1130. The van der Waals surface area contributed by atoms with Gasteiger partial charge in [-0.2, -0.15) is 0 Å². The largest absolute Gasteiger partial charge is 0.449 e. The zero-order valence-electron chi connectivity index (χ0n) is 18.9. The summed E-state index contributed by atoms with van der Waals surface area (Å²) in [5.41, 5.74) is 5.60. The predicted octanol–water partition coefficient (Wildman–Crippen LogP) is 3.97. The third kappa shape index (κ3) is 5.27. The molecule has 3 aromatic carbocycles. The van der Waals surface area contributed by atoms with Crippen LogP contribution in [0.15, 0.2) is 72.8 Å². The molecule has 2 atom stereocenters. The molecule has 2 amide bonds. The number of aliphatic hydroxyl groups is 2. The standard InChI is InChI=1S/C27H28N2O5/c1-17(30)29-19-8-6-7-18(15-19)26(32)25(31)13-14-28-27(33)34-16-24-22-11-4-2-9-20(22)21-10-3-5-12-23(21)24/h2-12,15,24-26,31-32H,13-14,16H2,1H3,(H,28,33)(H,29,30). The summed E-state index contributed by atoms with van der Waals surface area (Å²) in [6, 6.07) is 22.9. The summed E-state index contributed by atoms with van der Waals surface area (Å²) in [6.45, 7) is 1.74. The van der Waals surface area contributed by atoms with Gasteiger partial charge in [-0.15, -0.1) is 0 Å². The Hall–Kier alpha value is -3.68. The van der Waals surface area contributed by atoms with Crippen LogP contribution in [0, 0.1) is 0 Å². The van der Waals surface area contributed by atoms with Crippen molar-refractivity contribution in [3.63, 3.8) is 0 Å². The summed E-state index contributed by atoms with van der Waals surface area (Å²) in [4.78, 5) is 23.5. The number of ether oxygens (including phenoxy) is 1. The smallest absolute Gasteiger partial charge is 0.407 e. The molecule has 0 saturated heterocycles. The van der Waals surface area contributed by atoms with Crippen LogP contribution >= 0.6 is 0 Å². The molecule has 0 aliphatic heterocycles. The summed E-state index contributed by atoms with van der Waals surface area (Å²) in [5.74, 6) is -0.249. The number of carbonyl (C=O) groups excluding carboxylic acids is 2. The minimum absolute atomic E-state index is 0.0264. The SMILES string of the molecule is CC(=O)Nc1cccc(C(O)C(O)CCNC(=O)OCC2c3ccccc3-c3ccccc32)c1. The molecule has 0 saturated carbocycles. The Kier molecular flexibility index (Phi) is 7.25. The van der Waals surface area contributed by atoms with Gasteiger partial charge in [-0.3, -0.25) is 4.79 Å². The van der Waals surface area contributed by atoms with E-state index in [1.807, 2.05) is 24.3 Å². The monoisotopic (exact) mass is 460 g/mol. The number of amides is 2. The topological polar surface area (TPSA) is 108 Å². The minimum Gasteiger partial charge on any atom is -0.449 e. The summed E-state index contributed by atoms with van der Waals surface area (Å²) in [5, 5.41) is 26.1. The Morgan fingerprint density at radius 1 is 0.941 bits per heavy atom. The number of fused-ring (bicyclic) bond motifs is 3. The van der Waals surface area contributed by atoms with Crippen molar-refractivity contribution >= 4 is 17.7 Å². The first kappa shape index (κ1) is 23.5. The highest BCUT2D eigenvalue weighted by Crippen LogP contribution is 2.44. The fraction of sp³-hybridized carbons (Fsp3) is 0.259. The van der Waals surface area contributed by atoms with Crippen LogP contribution in [0.25, 0.3) is 11.1 Å². The predicted molar refractivity (Wildman–Crippen MR) is 129 cm³/mol. The molecule has 0 bridgehead atoms. The highest BCUT2D eigenvalue weighted by Gasteiger charge is 2.29. The molecule has 0 spiro atoms. The number of rotatable bonds is 8. The normalized spacial score (nSPS) is 14.0. The molecule has 0 heterocycles. The van der Waals surface area contributed by atoms with Crippen molar-refractivity contribution in [3.8, 4) is 11.1 Å². The van der Waals surface area contributed by atoms with Crippen molar-refractivity contribution in [1.29, 1.82) is 0 Å². The van der Waals surface area contributed by atoms with Gasteiger partial charge in [0.15, 0.2) is 0 Å². The van der Waals surface area contributed by atoms with Crippen LogP contribution in [0.4, 0.5) is 10.5 Å². The van der Waals surface area contributed by atoms with E-state index in [0.29, 0.717) is 11.3 Å². The summed E-state index contributed by atoms with van der Waals surface area (Å²) >= 11 is 0. The molecule has 4 N–H and O–H groups in total. The maximum atomic E-state index is 12.3. The van der Waals surface area contributed by atoms with Crippen molar-refractivity contribution < 1.29 is 24.5 Å². The van der Waals surface area contributed by atoms with E-state index in [0.717, 1.165) is 22.3 Å². The molecule has 1 aliphatic rings. The first-order valence-electron chi connectivity index (χ1n) is 11.3. The average molecular weight is 461 g/mol. The average Bonchev–Trinajstić information content (AvgIpc) is 3.15. The second-order valence-corrected chi connectivity index (χ2v) is 8.36. The molecule has 7 heteroatoms. The molecule has 0 radical (unpaired) electrons. The Morgan fingerprint density at radius 2 is 1.59 bits per heavy atom. The fourth-order valence-electron chi connectivity index (χ4n) is 4.36. The molecule has 2 unspecified atom stereocenters. The van der Waals surface area contributed by atoms with E-state index in [9.17, 15) is 19.8 Å².